The van der Waals surface area contributed by atoms with Gasteiger partial charge < -0.3 is 5.73 Å². The Hall–Kier alpha value is -0.630. The molecule has 0 heterocycles. The van der Waals surface area contributed by atoms with Crippen LogP contribution in [0.2, 0.25) is 0 Å². The fourth-order valence-electron chi connectivity index (χ4n) is 1.82. The summed E-state index contributed by atoms with van der Waals surface area (Å²) in [5, 5.41) is 0. The zero-order valence-electron chi connectivity index (χ0n) is 12.1. The van der Waals surface area contributed by atoms with Gasteiger partial charge in [0, 0.05) is 24.4 Å². The Morgan fingerprint density at radius 1 is 1.50 bits per heavy atom. The summed E-state index contributed by atoms with van der Waals surface area (Å²) in [5.41, 5.74) is 7.07. The molecule has 0 bridgehead atoms. The summed E-state index contributed by atoms with van der Waals surface area (Å²) in [6, 6.07) is 4.77. The molecule has 112 valence electrons. The van der Waals surface area contributed by atoms with Crippen molar-refractivity contribution >= 4 is 39.0 Å². The first kappa shape index (κ1) is 17.4. The summed E-state index contributed by atoms with van der Waals surface area (Å²) in [5.74, 6) is 0.750. The number of sulfonamides is 1. The largest absolute Gasteiger partial charge is 0.389 e. The van der Waals surface area contributed by atoms with E-state index in [0.717, 1.165) is 11.3 Å². The molecule has 4 nitrogen and oxygen atoms in total. The van der Waals surface area contributed by atoms with E-state index in [9.17, 15) is 8.42 Å². The molecule has 0 radical (unpaired) electrons. The van der Waals surface area contributed by atoms with E-state index in [1.807, 2.05) is 13.2 Å². The highest BCUT2D eigenvalue weighted by Crippen LogP contribution is 2.21. The second-order valence-electron chi connectivity index (χ2n) is 4.67. The Morgan fingerprint density at radius 2 is 2.10 bits per heavy atom. The van der Waals surface area contributed by atoms with Crippen LogP contribution in [-0.4, -0.2) is 42.8 Å². The van der Waals surface area contributed by atoms with Gasteiger partial charge in [0.15, 0.2) is 0 Å². The summed E-state index contributed by atoms with van der Waals surface area (Å²) in [7, 11) is -1.89. The Morgan fingerprint density at radius 3 is 2.55 bits per heavy atom. The summed E-state index contributed by atoms with van der Waals surface area (Å²) in [6.45, 7) is 3.70. The number of thiocarbonyl (C=S) groups is 1. The zero-order chi connectivity index (χ0) is 15.5. The van der Waals surface area contributed by atoms with Crippen molar-refractivity contribution in [2.24, 2.45) is 5.73 Å². The molecule has 7 heteroatoms. The zero-order valence-corrected chi connectivity index (χ0v) is 14.5. The average molecular weight is 333 g/mol. The van der Waals surface area contributed by atoms with Gasteiger partial charge in [-0.25, -0.2) is 8.42 Å². The third-order valence-electron chi connectivity index (χ3n) is 3.17. The van der Waals surface area contributed by atoms with E-state index in [2.05, 4.69) is 0 Å². The van der Waals surface area contributed by atoms with Gasteiger partial charge in [0.05, 0.1) is 4.90 Å². The number of hydrogen-bond acceptors (Lipinski definition) is 4. The first-order valence-electron chi connectivity index (χ1n) is 6.09. The van der Waals surface area contributed by atoms with Crippen molar-refractivity contribution in [3.63, 3.8) is 0 Å². The highest BCUT2D eigenvalue weighted by atomic mass is 32.2. The Labute approximate surface area is 130 Å². The minimum Gasteiger partial charge on any atom is -0.389 e. The maximum absolute atomic E-state index is 12.5. The molecular formula is C13H20N2O2S3. The molecule has 0 saturated heterocycles. The van der Waals surface area contributed by atoms with Crippen molar-refractivity contribution < 1.29 is 8.42 Å². The van der Waals surface area contributed by atoms with E-state index in [4.69, 9.17) is 18.0 Å². The molecule has 0 aliphatic carbocycles. The fourth-order valence-corrected chi connectivity index (χ4v) is 4.30. The SMILES string of the molecule is CSCC(C)N(C)S(=O)(=O)c1ccc(C(N)=S)c(C)c1. The standard InChI is InChI=1S/C13H20N2O2S3/c1-9-7-11(5-6-12(9)13(14)18)20(16,17)15(3)10(2)8-19-4/h5-7,10H,8H2,1-4H3,(H2,14,18). The monoisotopic (exact) mass is 332 g/mol. The molecule has 0 aliphatic heterocycles. The third-order valence-corrected chi connectivity index (χ3v) is 6.17. The van der Waals surface area contributed by atoms with E-state index >= 15 is 0 Å². The van der Waals surface area contributed by atoms with E-state index in [0.29, 0.717) is 5.56 Å². The van der Waals surface area contributed by atoms with Crippen LogP contribution in [0.1, 0.15) is 18.1 Å². The number of rotatable bonds is 6. The van der Waals surface area contributed by atoms with Gasteiger partial charge in [-0.2, -0.15) is 16.1 Å². The van der Waals surface area contributed by atoms with Crippen molar-refractivity contribution in [1.82, 2.24) is 4.31 Å². The smallest absolute Gasteiger partial charge is 0.243 e. The highest BCUT2D eigenvalue weighted by Gasteiger charge is 2.25. The van der Waals surface area contributed by atoms with Crippen molar-refractivity contribution in [1.29, 1.82) is 0 Å². The number of benzene rings is 1. The molecule has 1 unspecified atom stereocenters. The van der Waals surface area contributed by atoms with Crippen LogP contribution < -0.4 is 5.73 Å². The minimum atomic E-state index is -3.49. The third kappa shape index (κ3) is 3.72. The Kier molecular flexibility index (Phi) is 6.00. The van der Waals surface area contributed by atoms with Crippen molar-refractivity contribution in [2.75, 3.05) is 19.1 Å². The molecule has 0 aromatic heterocycles. The molecule has 0 fully saturated rings. The number of aryl methyl sites for hydroxylation is 1. The van der Waals surface area contributed by atoms with Gasteiger partial charge in [0.25, 0.3) is 0 Å². The molecule has 2 N–H and O–H groups in total. The number of nitrogens with zero attached hydrogens (tertiary/aromatic N) is 1. The van der Waals surface area contributed by atoms with Crippen LogP contribution in [0.5, 0.6) is 0 Å². The molecule has 0 saturated carbocycles. The summed E-state index contributed by atoms with van der Waals surface area (Å²) in [4.78, 5) is 0.543. The van der Waals surface area contributed by atoms with Crippen molar-refractivity contribution in [3.05, 3.63) is 29.3 Å². The normalized spacial score (nSPS) is 13.4. The second-order valence-corrected chi connectivity index (χ2v) is 8.01. The minimum absolute atomic E-state index is 0.0643. The molecule has 0 aliphatic rings. The van der Waals surface area contributed by atoms with E-state index < -0.39 is 10.0 Å². The number of hydrogen-bond donors (Lipinski definition) is 1. The predicted octanol–water partition coefficient (Wildman–Crippen LogP) is 2.00. The van der Waals surface area contributed by atoms with Gasteiger partial charge in [0.2, 0.25) is 10.0 Å². The van der Waals surface area contributed by atoms with Gasteiger partial charge in [-0.3, -0.25) is 0 Å². The molecule has 0 amide bonds. The van der Waals surface area contributed by atoms with Crippen molar-refractivity contribution in [2.45, 2.75) is 24.8 Å². The molecule has 1 rings (SSSR count). The summed E-state index contributed by atoms with van der Waals surface area (Å²) >= 11 is 6.55. The average Bonchev–Trinajstić information content (AvgIpc) is 2.37. The van der Waals surface area contributed by atoms with Crippen LogP contribution in [0.4, 0.5) is 0 Å². The first-order valence-corrected chi connectivity index (χ1v) is 9.33. The topological polar surface area (TPSA) is 63.4 Å². The van der Waals surface area contributed by atoms with Gasteiger partial charge in [0.1, 0.15) is 4.99 Å². The van der Waals surface area contributed by atoms with Gasteiger partial charge >= 0.3 is 0 Å². The maximum Gasteiger partial charge on any atom is 0.243 e. The predicted molar refractivity (Wildman–Crippen MR) is 89.9 cm³/mol. The van der Waals surface area contributed by atoms with Gasteiger partial charge in [-0.1, -0.05) is 18.3 Å². The van der Waals surface area contributed by atoms with E-state index in [1.54, 1.807) is 43.9 Å². The lowest BCUT2D eigenvalue weighted by Gasteiger charge is -2.24. The van der Waals surface area contributed by atoms with Crippen molar-refractivity contribution in [3.8, 4) is 0 Å². The first-order chi connectivity index (χ1) is 9.21. The van der Waals surface area contributed by atoms with Gasteiger partial charge in [-0.15, -0.1) is 0 Å². The van der Waals surface area contributed by atoms with Crippen LogP contribution in [0, 0.1) is 6.92 Å². The lowest BCUT2D eigenvalue weighted by Crippen LogP contribution is -2.36. The summed E-state index contributed by atoms with van der Waals surface area (Å²) < 4.78 is 26.5. The number of nitrogens with two attached hydrogens (primary N) is 1. The lowest BCUT2D eigenvalue weighted by molar-refractivity contribution is 0.415. The van der Waals surface area contributed by atoms with Crippen LogP contribution in [-0.2, 0) is 10.0 Å². The van der Waals surface area contributed by atoms with Crippen LogP contribution >= 0.6 is 24.0 Å². The van der Waals surface area contributed by atoms with Crippen LogP contribution in [0.3, 0.4) is 0 Å². The second kappa shape index (κ2) is 6.89. The molecule has 1 atom stereocenters. The van der Waals surface area contributed by atoms with Crippen LogP contribution in [0.25, 0.3) is 0 Å². The molecule has 0 spiro atoms. The molecular weight excluding hydrogens is 312 g/mol. The quantitative estimate of drug-likeness (QED) is 0.807. The van der Waals surface area contributed by atoms with E-state index in [1.165, 1.54) is 4.31 Å². The maximum atomic E-state index is 12.5. The number of thioether (sulfide) groups is 1. The lowest BCUT2D eigenvalue weighted by atomic mass is 10.1. The fraction of sp³-hybridized carbons (Fsp3) is 0.462. The van der Waals surface area contributed by atoms with E-state index in [-0.39, 0.29) is 15.9 Å². The highest BCUT2D eigenvalue weighted by molar-refractivity contribution is 7.98. The molecule has 1 aromatic carbocycles. The molecule has 1 aromatic rings. The molecule has 20 heavy (non-hydrogen) atoms. The van der Waals surface area contributed by atoms with Crippen LogP contribution in [0.15, 0.2) is 23.1 Å². The summed E-state index contributed by atoms with van der Waals surface area (Å²) in [6.07, 6.45) is 1.96. The Balaban J connectivity index is 3.16. The Bertz CT molecular complexity index is 600. The van der Waals surface area contributed by atoms with Gasteiger partial charge in [-0.05, 0) is 37.8 Å².